The van der Waals surface area contributed by atoms with Gasteiger partial charge in [-0.2, -0.15) is 17.5 Å². The van der Waals surface area contributed by atoms with Crippen molar-refractivity contribution in [2.24, 2.45) is 5.41 Å². The average Bonchev–Trinajstić information content (AvgIpc) is 2.88. The van der Waals surface area contributed by atoms with Crippen molar-refractivity contribution in [3.63, 3.8) is 0 Å². The molecule has 2 aromatic carbocycles. The minimum Gasteiger partial charge on any atom is -0.493 e. The first-order valence-corrected chi connectivity index (χ1v) is 14.2. The molecule has 12 heteroatoms. The molecule has 1 amide bonds. The van der Waals surface area contributed by atoms with Gasteiger partial charge in [-0.25, -0.2) is 8.42 Å². The van der Waals surface area contributed by atoms with Gasteiger partial charge in [-0.3, -0.25) is 4.79 Å². The van der Waals surface area contributed by atoms with E-state index >= 15 is 0 Å². The van der Waals surface area contributed by atoms with Gasteiger partial charge in [0.25, 0.3) is 0 Å². The van der Waals surface area contributed by atoms with Gasteiger partial charge in [-0.15, -0.1) is 0 Å². The van der Waals surface area contributed by atoms with E-state index in [0.29, 0.717) is 42.8 Å². The molecule has 208 valence electrons. The molecule has 2 saturated heterocycles. The number of likely N-dealkylation sites (N-methyl/N-ethyl adjacent to an activating group) is 1. The summed E-state index contributed by atoms with van der Waals surface area (Å²) >= 11 is 5.97. The van der Waals surface area contributed by atoms with Crippen LogP contribution in [0.3, 0.4) is 0 Å². The molecular weight excluding hydrogens is 543 g/mol. The Labute approximate surface area is 226 Å². The summed E-state index contributed by atoms with van der Waals surface area (Å²) in [5.41, 5.74) is -1.88. The number of alkyl halides is 3. The maximum absolute atomic E-state index is 13.5. The molecule has 2 aliphatic heterocycles. The molecule has 0 unspecified atom stereocenters. The molecule has 0 N–H and O–H groups in total. The van der Waals surface area contributed by atoms with E-state index in [4.69, 9.17) is 16.3 Å². The van der Waals surface area contributed by atoms with E-state index in [1.165, 1.54) is 10.4 Å². The third kappa shape index (κ3) is 6.80. The largest absolute Gasteiger partial charge is 0.493 e. The zero-order chi connectivity index (χ0) is 27.6. The number of carbonyl (C=O) groups excluding carboxylic acids is 1. The minimum atomic E-state index is -4.67. The maximum atomic E-state index is 13.5. The maximum Gasteiger partial charge on any atom is 0.416 e. The molecule has 38 heavy (non-hydrogen) atoms. The van der Waals surface area contributed by atoms with Crippen LogP contribution in [0, 0.1) is 5.41 Å². The van der Waals surface area contributed by atoms with Gasteiger partial charge in [0.2, 0.25) is 15.9 Å². The van der Waals surface area contributed by atoms with Crippen LogP contribution in [0.15, 0.2) is 53.4 Å². The summed E-state index contributed by atoms with van der Waals surface area (Å²) < 4.78 is 74.0. The van der Waals surface area contributed by atoms with Crippen LogP contribution in [0.2, 0.25) is 5.02 Å². The van der Waals surface area contributed by atoms with Gasteiger partial charge in [0.1, 0.15) is 5.75 Å². The highest BCUT2D eigenvalue weighted by atomic mass is 35.5. The Hall–Kier alpha value is -2.34. The third-order valence-corrected chi connectivity index (χ3v) is 9.26. The van der Waals surface area contributed by atoms with E-state index in [1.54, 1.807) is 29.2 Å². The molecule has 0 radical (unpaired) electrons. The van der Waals surface area contributed by atoms with E-state index in [9.17, 15) is 26.4 Å². The average molecular weight is 574 g/mol. The number of nitrogens with zero attached hydrogens (tertiary/aromatic N) is 3. The van der Waals surface area contributed by atoms with Gasteiger partial charge in [-0.05, 0) is 62.4 Å². The predicted molar refractivity (Wildman–Crippen MR) is 138 cm³/mol. The van der Waals surface area contributed by atoms with Gasteiger partial charge < -0.3 is 14.5 Å². The first-order valence-electron chi connectivity index (χ1n) is 12.4. The lowest BCUT2D eigenvalue weighted by atomic mass is 9.78. The quantitative estimate of drug-likeness (QED) is 0.492. The number of piperidine rings is 1. The van der Waals surface area contributed by atoms with Crippen LogP contribution in [-0.4, -0.2) is 81.4 Å². The molecule has 0 aliphatic carbocycles. The van der Waals surface area contributed by atoms with Crippen molar-refractivity contribution in [1.82, 2.24) is 14.1 Å². The highest BCUT2D eigenvalue weighted by Crippen LogP contribution is 2.38. The second-order valence-electron chi connectivity index (χ2n) is 10.1. The van der Waals surface area contributed by atoms with Crippen LogP contribution < -0.4 is 4.74 Å². The second-order valence-corrected chi connectivity index (χ2v) is 12.4. The molecule has 2 aromatic rings. The number of rotatable bonds is 7. The summed E-state index contributed by atoms with van der Waals surface area (Å²) in [4.78, 5) is 16.8. The second kappa shape index (κ2) is 11.4. The Kier molecular flexibility index (Phi) is 8.61. The molecule has 0 spiro atoms. The molecule has 2 heterocycles. The fourth-order valence-electron chi connectivity index (χ4n) is 4.92. The number of hydrogen-bond acceptors (Lipinski definition) is 5. The van der Waals surface area contributed by atoms with E-state index in [2.05, 4.69) is 4.90 Å². The molecular formula is C26H31ClF3N3O4S. The van der Waals surface area contributed by atoms with Gasteiger partial charge in [0, 0.05) is 56.1 Å². The summed E-state index contributed by atoms with van der Waals surface area (Å²) in [7, 11) is -2.26. The molecule has 2 aliphatic rings. The van der Waals surface area contributed by atoms with Crippen molar-refractivity contribution < 1.29 is 31.1 Å². The summed E-state index contributed by atoms with van der Waals surface area (Å²) in [5.74, 6) is 0.440. The predicted octanol–water partition coefficient (Wildman–Crippen LogP) is 4.37. The minimum absolute atomic E-state index is 0.0430. The van der Waals surface area contributed by atoms with Crippen molar-refractivity contribution in [1.29, 1.82) is 0 Å². The Morgan fingerprint density at radius 2 is 1.74 bits per heavy atom. The lowest BCUT2D eigenvalue weighted by Crippen LogP contribution is -2.53. The van der Waals surface area contributed by atoms with Crippen molar-refractivity contribution in [2.45, 2.75) is 30.3 Å². The van der Waals surface area contributed by atoms with Crippen molar-refractivity contribution in [3.8, 4) is 5.75 Å². The van der Waals surface area contributed by atoms with Crippen LogP contribution in [-0.2, 0) is 21.0 Å². The molecule has 1 atom stereocenters. The van der Waals surface area contributed by atoms with Gasteiger partial charge in [0.05, 0.1) is 17.1 Å². The number of sulfonamides is 1. The normalized spacial score (nSPS) is 21.9. The molecule has 0 bridgehead atoms. The Morgan fingerprint density at radius 3 is 2.39 bits per heavy atom. The number of ether oxygens (including phenoxy) is 1. The number of amides is 1. The summed E-state index contributed by atoms with van der Waals surface area (Å²) in [6.07, 6.45) is -3.62. The highest BCUT2D eigenvalue weighted by Gasteiger charge is 2.43. The Balaban J connectivity index is 1.59. The standard InChI is InChI=1S/C26H31ClF3N3O4S/c1-31-12-14-32(15-13-31)24(34)17-25(19-37-22-8-6-21(27)7-9-22)10-3-11-33(18-25)38(35,36)23-5-2-4-20(16-23)26(28,29)30/h2,4-9,16H,3,10-15,17-19H2,1H3/t25-/m0/s1. The van der Waals surface area contributed by atoms with Crippen LogP contribution in [0.25, 0.3) is 0 Å². The lowest BCUT2D eigenvalue weighted by Gasteiger charge is -2.43. The molecule has 4 rings (SSSR count). The number of piperazine rings is 1. The SMILES string of the molecule is CN1CCN(C(=O)C[C@@]2(COc3ccc(Cl)cc3)CCCN(S(=O)(=O)c3cccc(C(F)(F)F)c3)C2)CC1. The van der Waals surface area contributed by atoms with E-state index in [-0.39, 0.29) is 32.0 Å². The molecule has 2 fully saturated rings. The Morgan fingerprint density at radius 1 is 1.05 bits per heavy atom. The van der Waals surface area contributed by atoms with E-state index < -0.39 is 32.1 Å². The zero-order valence-corrected chi connectivity index (χ0v) is 22.7. The van der Waals surface area contributed by atoms with Gasteiger partial charge in [0.15, 0.2) is 0 Å². The number of halogens is 4. The monoisotopic (exact) mass is 573 g/mol. The number of carbonyl (C=O) groups is 1. The summed E-state index contributed by atoms with van der Waals surface area (Å²) in [5, 5.41) is 0.535. The molecule has 0 saturated carbocycles. The summed E-state index contributed by atoms with van der Waals surface area (Å²) in [6, 6.07) is 10.5. The first kappa shape index (κ1) is 28.7. The summed E-state index contributed by atoms with van der Waals surface area (Å²) in [6.45, 7) is 2.82. The molecule has 7 nitrogen and oxygen atoms in total. The lowest BCUT2D eigenvalue weighted by molar-refractivity contribution is -0.138. The van der Waals surface area contributed by atoms with E-state index in [1.807, 2.05) is 7.05 Å². The first-order chi connectivity index (χ1) is 17.9. The highest BCUT2D eigenvalue weighted by molar-refractivity contribution is 7.89. The zero-order valence-electron chi connectivity index (χ0n) is 21.1. The molecule has 0 aromatic heterocycles. The van der Waals surface area contributed by atoms with Gasteiger partial charge >= 0.3 is 6.18 Å². The van der Waals surface area contributed by atoms with Crippen molar-refractivity contribution in [2.75, 3.05) is 52.9 Å². The number of benzene rings is 2. The third-order valence-electron chi connectivity index (χ3n) is 7.17. The fourth-order valence-corrected chi connectivity index (χ4v) is 6.68. The number of hydrogen-bond donors (Lipinski definition) is 0. The fraction of sp³-hybridized carbons (Fsp3) is 0.500. The van der Waals surface area contributed by atoms with Crippen LogP contribution in [0.5, 0.6) is 5.75 Å². The van der Waals surface area contributed by atoms with Crippen LogP contribution in [0.4, 0.5) is 13.2 Å². The van der Waals surface area contributed by atoms with Gasteiger partial charge in [-0.1, -0.05) is 17.7 Å². The van der Waals surface area contributed by atoms with Crippen molar-refractivity contribution in [3.05, 3.63) is 59.1 Å². The van der Waals surface area contributed by atoms with Crippen molar-refractivity contribution >= 4 is 27.5 Å². The van der Waals surface area contributed by atoms with Crippen LogP contribution >= 0.6 is 11.6 Å². The van der Waals surface area contributed by atoms with Crippen LogP contribution in [0.1, 0.15) is 24.8 Å². The van der Waals surface area contributed by atoms with E-state index in [0.717, 1.165) is 25.2 Å². The smallest absolute Gasteiger partial charge is 0.416 e. The Bertz CT molecular complexity index is 1240. The topological polar surface area (TPSA) is 70.2 Å².